The monoisotopic (exact) mass is 169 g/mol. The first kappa shape index (κ1) is 9.06. The summed E-state index contributed by atoms with van der Waals surface area (Å²) < 4.78 is 7.14. The Morgan fingerprint density at radius 2 is 2.33 bits per heavy atom. The number of nitrogens with zero attached hydrogens (tertiary/aromatic N) is 2. The van der Waals surface area contributed by atoms with E-state index in [1.807, 2.05) is 27.0 Å². The first-order chi connectivity index (χ1) is 5.59. The third kappa shape index (κ3) is 2.23. The maximum atomic E-state index is 5.50. The summed E-state index contributed by atoms with van der Waals surface area (Å²) in [6.45, 7) is 4.57. The second-order valence-corrected chi connectivity index (χ2v) is 3.04. The molecule has 0 fully saturated rings. The van der Waals surface area contributed by atoms with Crippen molar-refractivity contribution in [2.75, 3.05) is 5.73 Å². The van der Waals surface area contributed by atoms with Gasteiger partial charge in [-0.2, -0.15) is 5.10 Å². The van der Waals surface area contributed by atoms with E-state index in [4.69, 9.17) is 10.5 Å². The molecule has 4 heteroatoms. The minimum absolute atomic E-state index is 0.237. The van der Waals surface area contributed by atoms with Gasteiger partial charge in [-0.1, -0.05) is 0 Å². The quantitative estimate of drug-likeness (QED) is 0.732. The summed E-state index contributed by atoms with van der Waals surface area (Å²) in [4.78, 5) is 0. The van der Waals surface area contributed by atoms with E-state index in [2.05, 4.69) is 5.10 Å². The van der Waals surface area contributed by atoms with Gasteiger partial charge in [-0.15, -0.1) is 0 Å². The van der Waals surface area contributed by atoms with Crippen LogP contribution in [0.1, 0.15) is 19.5 Å². The second-order valence-electron chi connectivity index (χ2n) is 3.04. The van der Waals surface area contributed by atoms with Crippen LogP contribution in [0.15, 0.2) is 6.07 Å². The van der Waals surface area contributed by atoms with Crippen molar-refractivity contribution in [1.82, 2.24) is 9.78 Å². The van der Waals surface area contributed by atoms with E-state index in [0.29, 0.717) is 12.4 Å². The summed E-state index contributed by atoms with van der Waals surface area (Å²) in [5.74, 6) is 0.542. The minimum Gasteiger partial charge on any atom is -0.382 e. The number of anilines is 1. The molecule has 0 radical (unpaired) electrons. The number of nitrogens with two attached hydrogens (primary N) is 1. The van der Waals surface area contributed by atoms with Gasteiger partial charge < -0.3 is 10.5 Å². The van der Waals surface area contributed by atoms with E-state index in [1.165, 1.54) is 0 Å². The van der Waals surface area contributed by atoms with Crippen molar-refractivity contribution in [2.45, 2.75) is 26.6 Å². The summed E-state index contributed by atoms with van der Waals surface area (Å²) in [5, 5.41) is 4.00. The van der Waals surface area contributed by atoms with E-state index in [0.717, 1.165) is 5.69 Å². The Bertz CT molecular complexity index is 255. The zero-order chi connectivity index (χ0) is 9.14. The van der Waals surface area contributed by atoms with Crippen LogP contribution in [0, 0.1) is 0 Å². The van der Waals surface area contributed by atoms with Crippen LogP contribution in [0.5, 0.6) is 0 Å². The molecule has 68 valence electrons. The molecule has 4 nitrogen and oxygen atoms in total. The summed E-state index contributed by atoms with van der Waals surface area (Å²) in [6, 6.07) is 1.82. The average Bonchev–Trinajstić information content (AvgIpc) is 2.26. The standard InChI is InChI=1S/C8H15N3O/c1-6(2)12-5-7-4-8(9)10-11(7)3/h4,6H,5H2,1-3H3,(H2,9,10). The van der Waals surface area contributed by atoms with Crippen LogP contribution in [0.2, 0.25) is 0 Å². The molecule has 0 unspecified atom stereocenters. The molecule has 1 heterocycles. The zero-order valence-electron chi connectivity index (χ0n) is 7.74. The normalized spacial score (nSPS) is 11.0. The Labute approximate surface area is 72.3 Å². The molecule has 0 saturated carbocycles. The van der Waals surface area contributed by atoms with Crippen LogP contribution in [0.25, 0.3) is 0 Å². The van der Waals surface area contributed by atoms with Crippen molar-refractivity contribution < 1.29 is 4.74 Å². The van der Waals surface area contributed by atoms with Crippen LogP contribution in [-0.2, 0) is 18.4 Å². The van der Waals surface area contributed by atoms with Gasteiger partial charge in [0.15, 0.2) is 0 Å². The summed E-state index contributed by atoms with van der Waals surface area (Å²) in [6.07, 6.45) is 0.237. The molecule has 0 bridgehead atoms. The minimum atomic E-state index is 0.237. The molecule has 0 saturated heterocycles. The highest BCUT2D eigenvalue weighted by atomic mass is 16.5. The molecule has 1 aromatic rings. The Morgan fingerprint density at radius 1 is 1.67 bits per heavy atom. The maximum Gasteiger partial charge on any atom is 0.145 e. The third-order valence-corrected chi connectivity index (χ3v) is 1.56. The van der Waals surface area contributed by atoms with Crippen molar-refractivity contribution in [3.05, 3.63) is 11.8 Å². The smallest absolute Gasteiger partial charge is 0.145 e. The molecule has 1 rings (SSSR count). The molecular weight excluding hydrogens is 154 g/mol. The SMILES string of the molecule is CC(C)OCc1cc(N)nn1C. The Kier molecular flexibility index (Phi) is 2.70. The molecular formula is C8H15N3O. The first-order valence-electron chi connectivity index (χ1n) is 3.99. The van der Waals surface area contributed by atoms with E-state index in [9.17, 15) is 0 Å². The highest BCUT2D eigenvalue weighted by Gasteiger charge is 2.02. The van der Waals surface area contributed by atoms with Crippen LogP contribution in [-0.4, -0.2) is 15.9 Å². The van der Waals surface area contributed by atoms with Crippen LogP contribution >= 0.6 is 0 Å². The van der Waals surface area contributed by atoms with Crippen molar-refractivity contribution >= 4 is 5.82 Å². The van der Waals surface area contributed by atoms with Gasteiger partial charge in [-0.3, -0.25) is 4.68 Å². The largest absolute Gasteiger partial charge is 0.382 e. The van der Waals surface area contributed by atoms with Crippen molar-refractivity contribution in [1.29, 1.82) is 0 Å². The average molecular weight is 169 g/mol. The third-order valence-electron chi connectivity index (χ3n) is 1.56. The van der Waals surface area contributed by atoms with Crippen molar-refractivity contribution in [3.8, 4) is 0 Å². The number of aromatic nitrogens is 2. The van der Waals surface area contributed by atoms with Crippen LogP contribution in [0.3, 0.4) is 0 Å². The number of hydrogen-bond donors (Lipinski definition) is 1. The van der Waals surface area contributed by atoms with Gasteiger partial charge >= 0.3 is 0 Å². The topological polar surface area (TPSA) is 53.1 Å². The summed E-state index contributed by atoms with van der Waals surface area (Å²) in [7, 11) is 1.86. The fourth-order valence-corrected chi connectivity index (χ4v) is 0.918. The van der Waals surface area contributed by atoms with Crippen molar-refractivity contribution in [3.63, 3.8) is 0 Å². The van der Waals surface area contributed by atoms with E-state index in [1.54, 1.807) is 4.68 Å². The highest BCUT2D eigenvalue weighted by Crippen LogP contribution is 2.06. The molecule has 0 spiro atoms. The number of rotatable bonds is 3. The Hall–Kier alpha value is -1.03. The highest BCUT2D eigenvalue weighted by molar-refractivity contribution is 5.28. The van der Waals surface area contributed by atoms with Gasteiger partial charge in [0, 0.05) is 13.1 Å². The van der Waals surface area contributed by atoms with Gasteiger partial charge in [0.1, 0.15) is 5.82 Å². The fourth-order valence-electron chi connectivity index (χ4n) is 0.918. The zero-order valence-corrected chi connectivity index (χ0v) is 7.74. The molecule has 0 aliphatic heterocycles. The van der Waals surface area contributed by atoms with Gasteiger partial charge in [0.2, 0.25) is 0 Å². The molecule has 1 aromatic heterocycles. The van der Waals surface area contributed by atoms with Gasteiger partial charge in [0.05, 0.1) is 18.4 Å². The van der Waals surface area contributed by atoms with E-state index >= 15 is 0 Å². The number of ether oxygens (including phenoxy) is 1. The summed E-state index contributed by atoms with van der Waals surface area (Å²) >= 11 is 0. The molecule has 0 aliphatic carbocycles. The Balaban J connectivity index is 2.57. The number of hydrogen-bond acceptors (Lipinski definition) is 3. The Morgan fingerprint density at radius 3 is 2.75 bits per heavy atom. The predicted molar refractivity (Wildman–Crippen MR) is 47.5 cm³/mol. The van der Waals surface area contributed by atoms with Crippen molar-refractivity contribution in [2.24, 2.45) is 7.05 Å². The van der Waals surface area contributed by atoms with Crippen LogP contribution in [0.4, 0.5) is 5.82 Å². The first-order valence-corrected chi connectivity index (χ1v) is 3.99. The van der Waals surface area contributed by atoms with E-state index < -0.39 is 0 Å². The van der Waals surface area contributed by atoms with Crippen LogP contribution < -0.4 is 5.73 Å². The van der Waals surface area contributed by atoms with Gasteiger partial charge in [-0.25, -0.2) is 0 Å². The van der Waals surface area contributed by atoms with E-state index in [-0.39, 0.29) is 6.10 Å². The summed E-state index contributed by atoms with van der Waals surface area (Å²) in [5.41, 5.74) is 6.50. The predicted octanol–water partition coefficient (Wildman–Crippen LogP) is 0.927. The molecule has 0 atom stereocenters. The lowest BCUT2D eigenvalue weighted by Gasteiger charge is -2.06. The second kappa shape index (κ2) is 3.58. The molecule has 2 N–H and O–H groups in total. The van der Waals surface area contributed by atoms with Gasteiger partial charge in [-0.05, 0) is 13.8 Å². The number of aryl methyl sites for hydroxylation is 1. The lowest BCUT2D eigenvalue weighted by molar-refractivity contribution is 0.0617. The van der Waals surface area contributed by atoms with Gasteiger partial charge in [0.25, 0.3) is 0 Å². The molecule has 12 heavy (non-hydrogen) atoms. The lowest BCUT2D eigenvalue weighted by atomic mass is 10.4. The lowest BCUT2D eigenvalue weighted by Crippen LogP contribution is -2.06. The fraction of sp³-hybridized carbons (Fsp3) is 0.625. The molecule has 0 amide bonds. The maximum absolute atomic E-state index is 5.50. The number of nitrogen functional groups attached to an aromatic ring is 1. The molecule has 0 aliphatic rings. The molecule has 0 aromatic carbocycles.